The molecular weight excluding hydrogens is 372 g/mol. The Balaban J connectivity index is 2.15. The molecule has 0 aliphatic carbocycles. The van der Waals surface area contributed by atoms with Crippen molar-refractivity contribution in [3.05, 3.63) is 65.4 Å². The maximum Gasteiger partial charge on any atom is 0.281 e. The van der Waals surface area contributed by atoms with Gasteiger partial charge in [-0.3, -0.25) is 4.57 Å². The predicted octanol–water partition coefficient (Wildman–Crippen LogP) is 3.78. The van der Waals surface area contributed by atoms with E-state index in [0.29, 0.717) is 16.3 Å². The summed E-state index contributed by atoms with van der Waals surface area (Å²) >= 11 is 5.97. The van der Waals surface area contributed by atoms with Crippen LogP contribution < -0.4 is 5.14 Å². The van der Waals surface area contributed by atoms with Gasteiger partial charge in [-0.15, -0.1) is 0 Å². The van der Waals surface area contributed by atoms with Crippen molar-refractivity contribution in [2.45, 2.75) is 11.3 Å². The summed E-state index contributed by atoms with van der Waals surface area (Å²) < 4.78 is 50.3. The summed E-state index contributed by atoms with van der Waals surface area (Å²) in [5.41, 5.74) is 0.613. The fourth-order valence-electron chi connectivity index (χ4n) is 2.33. The lowest BCUT2D eigenvalue weighted by Crippen LogP contribution is -2.12. The summed E-state index contributed by atoms with van der Waals surface area (Å²) in [6.45, 7) is 0. The number of nitrogens with zero attached hydrogens (tertiary/aromatic N) is 2. The molecule has 5 nitrogen and oxygen atoms in total. The van der Waals surface area contributed by atoms with Gasteiger partial charge in [-0.2, -0.15) is 0 Å². The summed E-state index contributed by atoms with van der Waals surface area (Å²) in [5.74, 6) is 0.265. The molecule has 25 heavy (non-hydrogen) atoms. The number of halogens is 3. The highest BCUT2D eigenvalue weighted by Gasteiger charge is 2.18. The van der Waals surface area contributed by atoms with E-state index in [-0.39, 0.29) is 10.7 Å². The van der Waals surface area contributed by atoms with Crippen LogP contribution in [-0.4, -0.2) is 18.0 Å². The summed E-state index contributed by atoms with van der Waals surface area (Å²) in [6, 6.07) is 12.2. The Kier molecular flexibility index (Phi) is 4.59. The van der Waals surface area contributed by atoms with Crippen LogP contribution in [0, 0.1) is 0 Å². The second kappa shape index (κ2) is 6.55. The Morgan fingerprint density at radius 1 is 1.12 bits per heavy atom. The smallest absolute Gasteiger partial charge is 0.281 e. The first kappa shape index (κ1) is 17.5. The van der Waals surface area contributed by atoms with E-state index in [0.717, 1.165) is 0 Å². The number of benzene rings is 2. The number of alkyl halides is 2. The van der Waals surface area contributed by atoms with Gasteiger partial charge < -0.3 is 0 Å². The highest BCUT2D eigenvalue weighted by atomic mass is 35.5. The van der Waals surface area contributed by atoms with Crippen molar-refractivity contribution in [1.82, 2.24) is 9.55 Å². The summed E-state index contributed by atoms with van der Waals surface area (Å²) in [5, 5.41) is 5.51. The second-order valence-corrected chi connectivity index (χ2v) is 7.21. The van der Waals surface area contributed by atoms with Crippen LogP contribution in [0.15, 0.2) is 59.6 Å². The minimum absolute atomic E-state index is 0.0743. The zero-order valence-corrected chi connectivity index (χ0v) is 14.2. The zero-order chi connectivity index (χ0) is 18.2. The Labute approximate surface area is 147 Å². The number of hydrogen-bond donors (Lipinski definition) is 1. The largest absolute Gasteiger partial charge is 0.299 e. The Morgan fingerprint density at radius 3 is 2.36 bits per heavy atom. The number of rotatable bonds is 4. The third-order valence-electron chi connectivity index (χ3n) is 3.47. The third-order valence-corrected chi connectivity index (χ3v) is 4.64. The summed E-state index contributed by atoms with van der Waals surface area (Å²) in [6.07, 6.45) is -1.55. The molecule has 0 bridgehead atoms. The molecule has 0 saturated carbocycles. The molecule has 0 amide bonds. The van der Waals surface area contributed by atoms with Gasteiger partial charge in [0.25, 0.3) is 6.43 Å². The Morgan fingerprint density at radius 2 is 1.80 bits per heavy atom. The molecule has 0 aliphatic heterocycles. The first-order chi connectivity index (χ1) is 11.8. The molecule has 2 N–H and O–H groups in total. The average Bonchev–Trinajstić information content (AvgIpc) is 3.00. The van der Waals surface area contributed by atoms with Gasteiger partial charge in [-0.05, 0) is 36.4 Å². The van der Waals surface area contributed by atoms with Gasteiger partial charge in [0.05, 0.1) is 4.90 Å². The van der Waals surface area contributed by atoms with Crippen molar-refractivity contribution in [1.29, 1.82) is 0 Å². The molecular formula is C16H12ClF2N3O2S. The number of imidazole rings is 1. The van der Waals surface area contributed by atoms with Gasteiger partial charge in [-0.1, -0.05) is 23.7 Å². The minimum Gasteiger partial charge on any atom is -0.299 e. The van der Waals surface area contributed by atoms with E-state index in [1.54, 1.807) is 24.3 Å². The van der Waals surface area contributed by atoms with Gasteiger partial charge in [0.2, 0.25) is 10.0 Å². The van der Waals surface area contributed by atoms with E-state index >= 15 is 0 Å². The van der Waals surface area contributed by atoms with Crippen LogP contribution in [-0.2, 0) is 10.0 Å². The molecule has 0 saturated heterocycles. The van der Waals surface area contributed by atoms with E-state index in [2.05, 4.69) is 4.98 Å². The highest BCUT2D eigenvalue weighted by Crippen LogP contribution is 2.29. The SMILES string of the molecule is NS(=O)(=O)c1ccc(-n2cc(C(F)F)nc2-c2cccc(Cl)c2)cc1. The van der Waals surface area contributed by atoms with E-state index in [9.17, 15) is 17.2 Å². The monoisotopic (exact) mass is 383 g/mol. The van der Waals surface area contributed by atoms with Crippen LogP contribution >= 0.6 is 11.6 Å². The predicted molar refractivity (Wildman–Crippen MR) is 90.3 cm³/mol. The molecule has 1 aromatic heterocycles. The Hall–Kier alpha value is -2.29. The number of sulfonamides is 1. The number of aromatic nitrogens is 2. The second-order valence-electron chi connectivity index (χ2n) is 5.21. The molecule has 0 unspecified atom stereocenters. The fourth-order valence-corrected chi connectivity index (χ4v) is 3.03. The minimum atomic E-state index is -3.84. The molecule has 2 aromatic carbocycles. The molecule has 0 aliphatic rings. The van der Waals surface area contributed by atoms with Crippen LogP contribution in [0.5, 0.6) is 0 Å². The van der Waals surface area contributed by atoms with Crippen molar-refractivity contribution in [2.24, 2.45) is 5.14 Å². The standard InChI is InChI=1S/C16H12ClF2N3O2S/c17-11-3-1-2-10(8-11)16-21-14(15(18)19)9-22(16)12-4-6-13(7-5-12)25(20,23)24/h1-9,15H,(H2,20,23,24). The maximum atomic E-state index is 13.1. The lowest BCUT2D eigenvalue weighted by Gasteiger charge is -2.09. The normalized spacial score (nSPS) is 11.9. The summed E-state index contributed by atoms with van der Waals surface area (Å²) in [7, 11) is -3.84. The third kappa shape index (κ3) is 3.71. The van der Waals surface area contributed by atoms with Crippen LogP contribution in [0.25, 0.3) is 17.1 Å². The number of hydrogen-bond acceptors (Lipinski definition) is 3. The van der Waals surface area contributed by atoms with Crippen LogP contribution in [0.3, 0.4) is 0 Å². The van der Waals surface area contributed by atoms with E-state index in [1.165, 1.54) is 35.0 Å². The van der Waals surface area contributed by atoms with Crippen LogP contribution in [0.1, 0.15) is 12.1 Å². The van der Waals surface area contributed by atoms with E-state index in [4.69, 9.17) is 16.7 Å². The van der Waals surface area contributed by atoms with Crippen molar-refractivity contribution < 1.29 is 17.2 Å². The van der Waals surface area contributed by atoms with Gasteiger partial charge in [0.15, 0.2) is 0 Å². The van der Waals surface area contributed by atoms with Crippen LogP contribution in [0.4, 0.5) is 8.78 Å². The first-order valence-corrected chi connectivity index (χ1v) is 8.95. The van der Waals surface area contributed by atoms with Crippen molar-refractivity contribution in [3.8, 4) is 17.1 Å². The quantitative estimate of drug-likeness (QED) is 0.744. The molecule has 1 heterocycles. The molecule has 0 radical (unpaired) electrons. The fraction of sp³-hybridized carbons (Fsp3) is 0.0625. The molecule has 3 aromatic rings. The van der Waals surface area contributed by atoms with Gasteiger partial charge in [0, 0.05) is 22.5 Å². The highest BCUT2D eigenvalue weighted by molar-refractivity contribution is 7.89. The van der Waals surface area contributed by atoms with Crippen molar-refractivity contribution >= 4 is 21.6 Å². The lowest BCUT2D eigenvalue weighted by molar-refractivity contribution is 0.146. The zero-order valence-electron chi connectivity index (χ0n) is 12.6. The average molecular weight is 384 g/mol. The van der Waals surface area contributed by atoms with Crippen LogP contribution in [0.2, 0.25) is 5.02 Å². The topological polar surface area (TPSA) is 78.0 Å². The molecule has 9 heteroatoms. The molecule has 130 valence electrons. The Bertz CT molecular complexity index is 1020. The lowest BCUT2D eigenvalue weighted by atomic mass is 10.2. The molecule has 3 rings (SSSR count). The maximum absolute atomic E-state index is 13.1. The van der Waals surface area contributed by atoms with Gasteiger partial charge >= 0.3 is 0 Å². The van der Waals surface area contributed by atoms with E-state index in [1.807, 2.05) is 0 Å². The van der Waals surface area contributed by atoms with Gasteiger partial charge in [-0.25, -0.2) is 27.3 Å². The summed E-state index contributed by atoms with van der Waals surface area (Å²) in [4.78, 5) is 3.91. The van der Waals surface area contributed by atoms with Crippen molar-refractivity contribution in [3.63, 3.8) is 0 Å². The molecule has 0 spiro atoms. The first-order valence-electron chi connectivity index (χ1n) is 7.02. The molecule has 0 atom stereocenters. The van der Waals surface area contributed by atoms with E-state index < -0.39 is 22.1 Å². The van der Waals surface area contributed by atoms with Gasteiger partial charge in [0.1, 0.15) is 11.5 Å². The number of primary sulfonamides is 1. The molecule has 0 fully saturated rings. The van der Waals surface area contributed by atoms with Crippen molar-refractivity contribution in [2.75, 3.05) is 0 Å². The number of nitrogens with two attached hydrogens (primary N) is 1.